The van der Waals surface area contributed by atoms with Gasteiger partial charge < -0.3 is 9.05 Å². The molecule has 0 aromatic heterocycles. The lowest BCUT2D eigenvalue weighted by atomic mass is 9.67. The van der Waals surface area contributed by atoms with Gasteiger partial charge in [0.15, 0.2) is 6.49 Å². The summed E-state index contributed by atoms with van der Waals surface area (Å²) in [6.45, 7) is 8.84. The first kappa shape index (κ1) is 15.0. The Hall–Kier alpha value is 0.570. The van der Waals surface area contributed by atoms with Crippen LogP contribution in [0.25, 0.3) is 0 Å². The fraction of sp³-hybridized carbons (Fsp3) is 1.00. The zero-order chi connectivity index (χ0) is 13.4. The summed E-state index contributed by atoms with van der Waals surface area (Å²) in [7, 11) is 0. The van der Waals surface area contributed by atoms with Crippen LogP contribution in [0.15, 0.2) is 0 Å². The molecule has 1 aliphatic heterocycles. The molecule has 1 aliphatic carbocycles. The topological polar surface area (TPSA) is 18.5 Å². The monoisotopic (exact) mass is 290 g/mol. The van der Waals surface area contributed by atoms with Gasteiger partial charge in [-0.3, -0.25) is 0 Å². The maximum absolute atomic E-state index is 5.73. The van der Waals surface area contributed by atoms with Crippen molar-refractivity contribution in [3.63, 3.8) is 0 Å². The van der Waals surface area contributed by atoms with Crippen LogP contribution in [0.2, 0.25) is 0 Å². The minimum absolute atomic E-state index is 0.468. The van der Waals surface area contributed by atoms with E-state index in [0.717, 1.165) is 25.0 Å². The minimum atomic E-state index is -1.88. The van der Waals surface area contributed by atoms with Crippen LogP contribution in [0.3, 0.4) is 0 Å². The summed E-state index contributed by atoms with van der Waals surface area (Å²) in [4.78, 5) is 0. The Labute approximate surface area is 117 Å². The first-order valence-corrected chi connectivity index (χ1v) is 10.2. The first-order chi connectivity index (χ1) is 8.28. The Morgan fingerprint density at radius 1 is 0.944 bits per heavy atom. The molecule has 0 aromatic carbocycles. The second-order valence-electron chi connectivity index (χ2n) is 7.10. The molecule has 1 saturated heterocycles. The Morgan fingerprint density at radius 3 is 1.89 bits per heavy atom. The van der Waals surface area contributed by atoms with Crippen molar-refractivity contribution in [2.75, 3.05) is 19.9 Å². The number of hydrogen-bond acceptors (Lipinski definition) is 3. The molecule has 2 aliphatic rings. The van der Waals surface area contributed by atoms with Crippen molar-refractivity contribution in [1.29, 1.82) is 0 Å². The van der Waals surface area contributed by atoms with Gasteiger partial charge in [0.1, 0.15) is 0 Å². The van der Waals surface area contributed by atoms with E-state index < -0.39 is 6.49 Å². The first-order valence-electron chi connectivity index (χ1n) is 7.14. The average Bonchev–Trinajstić information content (AvgIpc) is 2.28. The summed E-state index contributed by atoms with van der Waals surface area (Å²) in [5, 5.41) is 0. The molecule has 0 spiro atoms. The van der Waals surface area contributed by atoms with Crippen molar-refractivity contribution in [2.45, 2.75) is 46.5 Å². The van der Waals surface area contributed by atoms with E-state index in [9.17, 15) is 0 Å². The SMILES string of the molecule is CC(C)(C)C1CCC(C2COP(C)(=S)OC2)CC1. The Kier molecular flexibility index (Phi) is 4.59. The average molecular weight is 290 g/mol. The minimum Gasteiger partial charge on any atom is -0.329 e. The fourth-order valence-electron chi connectivity index (χ4n) is 3.28. The second-order valence-corrected chi connectivity index (χ2v) is 11.1. The van der Waals surface area contributed by atoms with E-state index in [1.54, 1.807) is 0 Å². The van der Waals surface area contributed by atoms with E-state index in [0.29, 0.717) is 11.3 Å². The van der Waals surface area contributed by atoms with Gasteiger partial charge in [-0.15, -0.1) is 0 Å². The van der Waals surface area contributed by atoms with E-state index in [2.05, 4.69) is 20.8 Å². The van der Waals surface area contributed by atoms with Gasteiger partial charge in [0.25, 0.3) is 0 Å². The van der Waals surface area contributed by atoms with E-state index in [4.69, 9.17) is 20.9 Å². The van der Waals surface area contributed by atoms with Crippen molar-refractivity contribution in [3.05, 3.63) is 0 Å². The van der Waals surface area contributed by atoms with Gasteiger partial charge >= 0.3 is 0 Å². The third-order valence-electron chi connectivity index (χ3n) is 4.71. The van der Waals surface area contributed by atoms with Crippen LogP contribution in [-0.4, -0.2) is 19.9 Å². The van der Waals surface area contributed by atoms with E-state index in [-0.39, 0.29) is 0 Å². The molecule has 0 unspecified atom stereocenters. The summed E-state index contributed by atoms with van der Waals surface area (Å²) in [5.74, 6) is 2.26. The fourth-order valence-corrected chi connectivity index (χ4v) is 4.64. The van der Waals surface area contributed by atoms with Crippen molar-refractivity contribution in [3.8, 4) is 0 Å². The summed E-state index contributed by atoms with van der Waals surface area (Å²) < 4.78 is 11.5. The van der Waals surface area contributed by atoms with Crippen LogP contribution in [0.1, 0.15) is 46.5 Å². The Bertz CT molecular complexity index is 317. The van der Waals surface area contributed by atoms with Gasteiger partial charge in [-0.05, 0) is 54.7 Å². The summed E-state index contributed by atoms with van der Waals surface area (Å²) in [5.41, 5.74) is 0.468. The molecule has 0 aromatic rings. The predicted octanol–water partition coefficient (Wildman–Crippen LogP) is 4.44. The standard InChI is InChI=1S/C14H27O2PS/c1-14(2,3)13-7-5-11(6-8-13)12-9-15-17(4,18)16-10-12/h11-13H,5-10H2,1-4H3. The Morgan fingerprint density at radius 2 is 1.44 bits per heavy atom. The van der Waals surface area contributed by atoms with Crippen molar-refractivity contribution in [2.24, 2.45) is 23.2 Å². The third kappa shape index (κ3) is 3.79. The van der Waals surface area contributed by atoms with Crippen LogP contribution in [0.4, 0.5) is 0 Å². The van der Waals surface area contributed by atoms with E-state index >= 15 is 0 Å². The van der Waals surface area contributed by atoms with Gasteiger partial charge in [0.2, 0.25) is 0 Å². The highest BCUT2D eigenvalue weighted by molar-refractivity contribution is 8.09. The quantitative estimate of drug-likeness (QED) is 0.665. The normalized spacial score (nSPS) is 42.8. The van der Waals surface area contributed by atoms with Crippen LogP contribution in [0.5, 0.6) is 0 Å². The van der Waals surface area contributed by atoms with Crippen LogP contribution in [-0.2, 0) is 20.9 Å². The smallest absolute Gasteiger partial charge is 0.185 e. The number of rotatable bonds is 1. The highest BCUT2D eigenvalue weighted by Crippen LogP contribution is 2.50. The predicted molar refractivity (Wildman–Crippen MR) is 80.5 cm³/mol. The second kappa shape index (κ2) is 5.52. The maximum atomic E-state index is 5.73. The third-order valence-corrected chi connectivity index (χ3v) is 6.58. The molecule has 0 N–H and O–H groups in total. The largest absolute Gasteiger partial charge is 0.329 e. The highest BCUT2D eigenvalue weighted by atomic mass is 32.5. The van der Waals surface area contributed by atoms with Crippen LogP contribution < -0.4 is 0 Å². The van der Waals surface area contributed by atoms with Crippen molar-refractivity contribution >= 4 is 18.3 Å². The molecule has 2 rings (SSSR count). The summed E-state index contributed by atoms with van der Waals surface area (Å²) >= 11 is 5.28. The molecule has 106 valence electrons. The summed E-state index contributed by atoms with van der Waals surface area (Å²) in [6.07, 6.45) is 5.41. The molecular formula is C14H27O2PS. The zero-order valence-corrected chi connectivity index (χ0v) is 13.9. The summed E-state index contributed by atoms with van der Waals surface area (Å²) in [6, 6.07) is 0. The maximum Gasteiger partial charge on any atom is 0.185 e. The van der Waals surface area contributed by atoms with E-state index in [1.165, 1.54) is 25.7 Å². The lowest BCUT2D eigenvalue weighted by molar-refractivity contribution is 0.0474. The van der Waals surface area contributed by atoms with Gasteiger partial charge in [-0.2, -0.15) is 0 Å². The van der Waals surface area contributed by atoms with Gasteiger partial charge in [-0.25, -0.2) is 0 Å². The highest BCUT2D eigenvalue weighted by Gasteiger charge is 2.35. The molecule has 0 bridgehead atoms. The number of hydrogen-bond donors (Lipinski definition) is 0. The molecule has 0 atom stereocenters. The lowest BCUT2D eigenvalue weighted by Crippen LogP contribution is -2.33. The molecule has 0 radical (unpaired) electrons. The van der Waals surface area contributed by atoms with Gasteiger partial charge in [-0.1, -0.05) is 20.8 Å². The molecule has 1 heterocycles. The van der Waals surface area contributed by atoms with Crippen molar-refractivity contribution < 1.29 is 9.05 Å². The molecule has 4 heteroatoms. The molecule has 2 fully saturated rings. The van der Waals surface area contributed by atoms with Crippen LogP contribution >= 0.6 is 6.49 Å². The molecule has 0 amide bonds. The van der Waals surface area contributed by atoms with Crippen molar-refractivity contribution in [1.82, 2.24) is 0 Å². The van der Waals surface area contributed by atoms with Gasteiger partial charge in [0.05, 0.1) is 13.2 Å². The van der Waals surface area contributed by atoms with Crippen LogP contribution in [0, 0.1) is 23.2 Å². The Balaban J connectivity index is 1.82. The van der Waals surface area contributed by atoms with E-state index in [1.807, 2.05) is 6.66 Å². The molecule has 1 saturated carbocycles. The molecule has 18 heavy (non-hydrogen) atoms. The molecule has 2 nitrogen and oxygen atoms in total. The molecular weight excluding hydrogens is 263 g/mol. The lowest BCUT2D eigenvalue weighted by Gasteiger charge is -2.41. The zero-order valence-electron chi connectivity index (χ0n) is 12.1. The van der Waals surface area contributed by atoms with Gasteiger partial charge in [0, 0.05) is 12.6 Å².